The third-order valence-electron chi connectivity index (χ3n) is 2.75. The van der Waals surface area contributed by atoms with Crippen LogP contribution in [-0.4, -0.2) is 14.5 Å². The largest absolute Gasteiger partial charge is 0.489 e. The Morgan fingerprint density at radius 1 is 1.00 bits per heavy atom. The summed E-state index contributed by atoms with van der Waals surface area (Å²) in [7, 11) is -3.54. The number of hydrogen-bond acceptors (Lipinski definition) is 3. The minimum atomic E-state index is -3.54. The molecule has 0 fully saturated rings. The predicted molar refractivity (Wildman–Crippen MR) is 88.0 cm³/mol. The number of hydrogen-bond donors (Lipinski definition) is 2. The second-order valence-electron chi connectivity index (χ2n) is 5.18. The maximum Gasteiger partial charge on any atom is 0.299 e. The van der Waals surface area contributed by atoms with Gasteiger partial charge in [-0.1, -0.05) is 30.3 Å². The van der Waals surface area contributed by atoms with Crippen LogP contribution >= 0.6 is 0 Å². The minimum absolute atomic E-state index is 0.161. The summed E-state index contributed by atoms with van der Waals surface area (Å²) in [5.74, 6) is 0.684. The maximum absolute atomic E-state index is 11.8. The Kier molecular flexibility index (Phi) is 5.41. The first-order valence-corrected chi connectivity index (χ1v) is 8.50. The van der Waals surface area contributed by atoms with Crippen LogP contribution in [0.4, 0.5) is 5.69 Å². The van der Waals surface area contributed by atoms with Crippen molar-refractivity contribution in [2.45, 2.75) is 26.5 Å². The van der Waals surface area contributed by atoms with E-state index in [2.05, 4.69) is 9.44 Å². The summed E-state index contributed by atoms with van der Waals surface area (Å²) in [6.07, 6.45) is 0. The standard InChI is InChI=1S/C16H20N2O3S/c1-13(2)17-22(19,20)18-15-8-10-16(11-9-15)21-12-14-6-4-3-5-7-14/h3-11,13,17-18H,12H2,1-2H3. The van der Waals surface area contributed by atoms with E-state index < -0.39 is 10.2 Å². The highest BCUT2D eigenvalue weighted by Crippen LogP contribution is 2.17. The Balaban J connectivity index is 1.93. The van der Waals surface area contributed by atoms with Crippen LogP contribution in [0.1, 0.15) is 19.4 Å². The number of anilines is 1. The first-order valence-electron chi connectivity index (χ1n) is 7.01. The van der Waals surface area contributed by atoms with Crippen LogP contribution in [0.5, 0.6) is 5.75 Å². The van der Waals surface area contributed by atoms with Gasteiger partial charge in [0.25, 0.3) is 10.2 Å². The molecule has 0 radical (unpaired) electrons. The molecule has 0 amide bonds. The summed E-state index contributed by atoms with van der Waals surface area (Å²) in [6.45, 7) is 4.00. The summed E-state index contributed by atoms with van der Waals surface area (Å²) >= 11 is 0. The van der Waals surface area contributed by atoms with Crippen LogP contribution in [0, 0.1) is 0 Å². The Morgan fingerprint density at radius 3 is 2.23 bits per heavy atom. The molecular formula is C16H20N2O3S. The summed E-state index contributed by atoms with van der Waals surface area (Å²) < 4.78 is 34.1. The molecule has 0 bridgehead atoms. The van der Waals surface area contributed by atoms with Crippen LogP contribution < -0.4 is 14.2 Å². The molecule has 0 saturated heterocycles. The van der Waals surface area contributed by atoms with Gasteiger partial charge in [0.15, 0.2) is 0 Å². The Bertz CT molecular complexity index is 683. The van der Waals surface area contributed by atoms with Crippen molar-refractivity contribution in [2.24, 2.45) is 0 Å². The predicted octanol–water partition coefficient (Wildman–Crippen LogP) is 2.92. The lowest BCUT2D eigenvalue weighted by molar-refractivity contribution is 0.306. The first kappa shape index (κ1) is 16.3. The number of nitrogens with one attached hydrogen (secondary N) is 2. The number of benzene rings is 2. The second-order valence-corrected chi connectivity index (χ2v) is 6.62. The van der Waals surface area contributed by atoms with Gasteiger partial charge in [0, 0.05) is 6.04 Å². The molecule has 0 aliphatic heterocycles. The van der Waals surface area contributed by atoms with Crippen LogP contribution in [0.25, 0.3) is 0 Å². The topological polar surface area (TPSA) is 67.4 Å². The van der Waals surface area contributed by atoms with Crippen molar-refractivity contribution in [1.82, 2.24) is 4.72 Å². The van der Waals surface area contributed by atoms with E-state index in [4.69, 9.17) is 4.74 Å². The molecule has 0 aliphatic rings. The first-order chi connectivity index (χ1) is 10.4. The molecule has 2 N–H and O–H groups in total. The summed E-state index contributed by atoms with van der Waals surface area (Å²) in [4.78, 5) is 0. The van der Waals surface area contributed by atoms with Gasteiger partial charge in [0.05, 0.1) is 5.69 Å². The van der Waals surface area contributed by atoms with Gasteiger partial charge in [-0.3, -0.25) is 4.72 Å². The zero-order valence-electron chi connectivity index (χ0n) is 12.6. The van der Waals surface area contributed by atoms with E-state index in [9.17, 15) is 8.42 Å². The average Bonchev–Trinajstić information content (AvgIpc) is 2.46. The van der Waals surface area contributed by atoms with Crippen molar-refractivity contribution in [1.29, 1.82) is 0 Å². The van der Waals surface area contributed by atoms with Crippen molar-refractivity contribution in [3.63, 3.8) is 0 Å². The van der Waals surface area contributed by atoms with E-state index in [1.54, 1.807) is 38.1 Å². The maximum atomic E-state index is 11.8. The highest BCUT2D eigenvalue weighted by atomic mass is 32.2. The fraction of sp³-hybridized carbons (Fsp3) is 0.250. The molecule has 0 unspecified atom stereocenters. The van der Waals surface area contributed by atoms with Crippen LogP contribution in [0.15, 0.2) is 54.6 Å². The minimum Gasteiger partial charge on any atom is -0.489 e. The van der Waals surface area contributed by atoms with Gasteiger partial charge >= 0.3 is 0 Å². The van der Waals surface area contributed by atoms with Crippen molar-refractivity contribution in [3.8, 4) is 5.75 Å². The molecular weight excluding hydrogens is 300 g/mol. The molecule has 0 aliphatic carbocycles. The van der Waals surface area contributed by atoms with Gasteiger partial charge in [-0.05, 0) is 43.7 Å². The van der Waals surface area contributed by atoms with Gasteiger partial charge in [-0.2, -0.15) is 13.1 Å². The SMILES string of the molecule is CC(C)NS(=O)(=O)Nc1ccc(OCc2ccccc2)cc1. The van der Waals surface area contributed by atoms with E-state index >= 15 is 0 Å². The van der Waals surface area contributed by atoms with Crippen molar-refractivity contribution < 1.29 is 13.2 Å². The number of rotatable bonds is 7. The molecule has 2 aromatic carbocycles. The zero-order chi connectivity index (χ0) is 16.0. The fourth-order valence-electron chi connectivity index (χ4n) is 1.86. The fourth-order valence-corrected chi connectivity index (χ4v) is 2.98. The summed E-state index contributed by atoms with van der Waals surface area (Å²) in [6, 6.07) is 16.5. The third-order valence-corrected chi connectivity index (χ3v) is 4.03. The van der Waals surface area contributed by atoms with E-state index in [-0.39, 0.29) is 6.04 Å². The van der Waals surface area contributed by atoms with Crippen LogP contribution in [0.2, 0.25) is 0 Å². The lowest BCUT2D eigenvalue weighted by Crippen LogP contribution is -2.35. The highest BCUT2D eigenvalue weighted by Gasteiger charge is 2.11. The van der Waals surface area contributed by atoms with Gasteiger partial charge in [-0.25, -0.2) is 0 Å². The molecule has 2 rings (SSSR count). The summed E-state index contributed by atoms with van der Waals surface area (Å²) in [5.41, 5.74) is 1.56. The Hall–Kier alpha value is -2.05. The molecule has 2 aromatic rings. The van der Waals surface area contributed by atoms with Gasteiger partial charge in [0.1, 0.15) is 12.4 Å². The third kappa shape index (κ3) is 5.38. The number of ether oxygens (including phenoxy) is 1. The molecule has 0 atom stereocenters. The van der Waals surface area contributed by atoms with Gasteiger partial charge in [0.2, 0.25) is 0 Å². The van der Waals surface area contributed by atoms with Crippen molar-refractivity contribution >= 4 is 15.9 Å². The molecule has 0 spiro atoms. The van der Waals surface area contributed by atoms with E-state index in [1.165, 1.54) is 0 Å². The lowest BCUT2D eigenvalue weighted by atomic mass is 10.2. The molecule has 0 aromatic heterocycles. The van der Waals surface area contributed by atoms with Crippen LogP contribution in [0.3, 0.4) is 0 Å². The molecule has 22 heavy (non-hydrogen) atoms. The van der Waals surface area contributed by atoms with E-state index in [0.717, 1.165) is 5.56 Å². The normalized spacial score (nSPS) is 11.4. The highest BCUT2D eigenvalue weighted by molar-refractivity contribution is 7.90. The molecule has 5 nitrogen and oxygen atoms in total. The van der Waals surface area contributed by atoms with Crippen LogP contribution in [-0.2, 0) is 16.8 Å². The van der Waals surface area contributed by atoms with Gasteiger partial charge < -0.3 is 4.74 Å². The van der Waals surface area contributed by atoms with Crippen molar-refractivity contribution in [3.05, 3.63) is 60.2 Å². The van der Waals surface area contributed by atoms with Crippen molar-refractivity contribution in [2.75, 3.05) is 4.72 Å². The van der Waals surface area contributed by atoms with E-state index in [1.807, 2.05) is 30.3 Å². The Morgan fingerprint density at radius 2 is 1.64 bits per heavy atom. The molecule has 0 saturated carbocycles. The second kappa shape index (κ2) is 7.29. The monoisotopic (exact) mass is 320 g/mol. The summed E-state index contributed by atoms with van der Waals surface area (Å²) in [5, 5.41) is 0. The smallest absolute Gasteiger partial charge is 0.299 e. The molecule has 0 heterocycles. The average molecular weight is 320 g/mol. The zero-order valence-corrected chi connectivity index (χ0v) is 13.4. The Labute approximate surface area is 131 Å². The quantitative estimate of drug-likeness (QED) is 0.824. The van der Waals surface area contributed by atoms with Gasteiger partial charge in [-0.15, -0.1) is 0 Å². The van der Waals surface area contributed by atoms with E-state index in [0.29, 0.717) is 18.0 Å². The molecule has 6 heteroatoms. The molecule has 118 valence electrons. The lowest BCUT2D eigenvalue weighted by Gasteiger charge is -2.12.